The Kier molecular flexibility index (Phi) is 18.6. The minimum atomic E-state index is -5.16. The third-order valence-corrected chi connectivity index (χ3v) is 12.1. The zero-order valence-corrected chi connectivity index (χ0v) is 44.8. The molecule has 7 rings (SSSR count). The van der Waals surface area contributed by atoms with Gasteiger partial charge in [-0.15, -0.1) is 20.4 Å². The number of carbonyl (C=O) groups is 2. The normalized spacial score (nSPS) is 20.7. The number of imide groups is 1. The Morgan fingerprint density at radius 2 is 1.11 bits per heavy atom. The molecule has 0 saturated heterocycles. The number of nitrogens with zero attached hydrogens (tertiary/aromatic N) is 7. The molecule has 2 amide bonds. The van der Waals surface area contributed by atoms with E-state index in [9.17, 15) is 54.2 Å². The van der Waals surface area contributed by atoms with Crippen molar-refractivity contribution in [3.05, 3.63) is 70.9 Å². The summed E-state index contributed by atoms with van der Waals surface area (Å²) < 4.78 is 208. The Morgan fingerprint density at radius 3 is 1.60 bits per heavy atom. The van der Waals surface area contributed by atoms with Crippen LogP contribution in [0.5, 0.6) is 11.8 Å². The van der Waals surface area contributed by atoms with Crippen molar-refractivity contribution in [2.45, 2.75) is 186 Å². The third kappa shape index (κ3) is 15.3. The van der Waals surface area contributed by atoms with Crippen LogP contribution in [-0.2, 0) is 44.4 Å². The van der Waals surface area contributed by atoms with Gasteiger partial charge >= 0.3 is 36.9 Å². The van der Waals surface area contributed by atoms with Crippen molar-refractivity contribution < 1.29 is 99.9 Å². The van der Waals surface area contributed by atoms with E-state index in [4.69, 9.17) is 38.3 Å². The molecule has 4 aromatic heterocycles. The molecular formula is C51H58F12N8O10. The highest BCUT2D eigenvalue weighted by atomic mass is 19.4. The smallest absolute Gasteiger partial charge is 0.426 e. The number of hydrogen-bond donors (Lipinski definition) is 2. The summed E-state index contributed by atoms with van der Waals surface area (Å²) in [6.45, 7) is 11.1. The Morgan fingerprint density at radius 1 is 0.642 bits per heavy atom. The minimum Gasteiger partial charge on any atom is -0.474 e. The first kappa shape index (κ1) is 63.2. The molecule has 0 saturated carbocycles. The van der Waals surface area contributed by atoms with Gasteiger partial charge in [-0.05, 0) is 124 Å². The lowest BCUT2D eigenvalue weighted by Gasteiger charge is -2.33. The van der Waals surface area contributed by atoms with E-state index in [1.165, 1.54) is 55.4 Å². The number of rotatable bonds is 4. The number of anilines is 2. The van der Waals surface area contributed by atoms with E-state index in [0.717, 1.165) is 0 Å². The molecule has 18 nitrogen and oxygen atoms in total. The van der Waals surface area contributed by atoms with E-state index in [1.54, 1.807) is 30.3 Å². The fraction of sp³-hybridized carbons (Fsp3) is 0.569. The van der Waals surface area contributed by atoms with Gasteiger partial charge in [0.05, 0.1) is 30.2 Å². The van der Waals surface area contributed by atoms with Crippen LogP contribution in [0.4, 0.5) is 73.6 Å². The van der Waals surface area contributed by atoms with E-state index in [2.05, 4.69) is 30.4 Å². The number of nitrogens with two attached hydrogens (primary N) is 1. The maximum absolute atomic E-state index is 15.2. The number of carbonyl (C=O) groups excluding carboxylic acids is 2. The summed E-state index contributed by atoms with van der Waals surface area (Å²) >= 11 is 0. The van der Waals surface area contributed by atoms with Gasteiger partial charge in [-0.25, -0.2) is 19.6 Å². The molecule has 0 spiro atoms. The van der Waals surface area contributed by atoms with Crippen molar-refractivity contribution in [1.82, 2.24) is 30.4 Å². The topological polar surface area (TPSA) is 233 Å². The van der Waals surface area contributed by atoms with Crippen LogP contribution in [-0.4, -0.2) is 83.4 Å². The van der Waals surface area contributed by atoms with Gasteiger partial charge in [0.25, 0.3) is 23.6 Å². The summed E-state index contributed by atoms with van der Waals surface area (Å²) in [4.78, 5) is 35.0. The Labute approximate surface area is 455 Å². The summed E-state index contributed by atoms with van der Waals surface area (Å²) in [5.74, 6) is -5.56. The maximum atomic E-state index is 15.2. The minimum absolute atomic E-state index is 0.0417. The molecule has 2 aliphatic heterocycles. The number of benzene rings is 1. The van der Waals surface area contributed by atoms with Crippen molar-refractivity contribution in [3.63, 3.8) is 0 Å². The van der Waals surface area contributed by atoms with E-state index in [-0.39, 0.29) is 49.8 Å². The first-order valence-corrected chi connectivity index (χ1v) is 25.2. The predicted molar refractivity (Wildman–Crippen MR) is 260 cm³/mol. The molecule has 3 N–H and O–H groups in total. The quantitative estimate of drug-likeness (QED) is 0.159. The largest absolute Gasteiger partial charge is 0.474 e. The molecule has 0 aliphatic carbocycles. The number of aliphatic hydroxyl groups is 1. The molecule has 30 heteroatoms. The number of pyridine rings is 2. The lowest BCUT2D eigenvalue weighted by Crippen LogP contribution is -2.45. The van der Waals surface area contributed by atoms with Crippen LogP contribution in [0.2, 0.25) is 0 Å². The molecule has 1 aromatic carbocycles. The number of halogens is 12. The molecule has 0 radical (unpaired) electrons. The SMILES string of the molecule is C[C@@H]1CCCCC[C@](O)(C(F)(F)F)c2nnc(o2)-c2nc(c(C(F)(F)F)cc2N)O1.C[C@@H]1CCCCC[C@](OCc2ccccc2)(C(F)(F)F)c2nnc(o2)-c2nc(c(C(F)(F)F)cc2N(C(=O)OC(C)(C)C)C(=O)OC(C)(C)C)O1. The van der Waals surface area contributed by atoms with Gasteiger partial charge in [0.2, 0.25) is 23.0 Å². The van der Waals surface area contributed by atoms with Crippen LogP contribution in [0.3, 0.4) is 0 Å². The van der Waals surface area contributed by atoms with Crippen LogP contribution in [0.15, 0.2) is 51.3 Å². The number of fused-ring (bicyclic) bond motifs is 10. The third-order valence-electron chi connectivity index (χ3n) is 12.1. The summed E-state index contributed by atoms with van der Waals surface area (Å²) in [6.07, 6.45) is -24.7. The average molecular weight is 1170 g/mol. The first-order chi connectivity index (χ1) is 37.3. The highest BCUT2D eigenvalue weighted by Crippen LogP contribution is 2.49. The second-order valence-corrected chi connectivity index (χ2v) is 21.1. The average Bonchev–Trinajstić information content (AvgIpc) is 4.30. The Balaban J connectivity index is 0.000000298. The lowest BCUT2D eigenvalue weighted by molar-refractivity contribution is -0.300. The molecule has 4 atom stereocenters. The van der Waals surface area contributed by atoms with Crippen LogP contribution in [0.1, 0.15) is 148 Å². The van der Waals surface area contributed by atoms with Gasteiger partial charge in [0.1, 0.15) is 22.3 Å². The number of amides is 2. The van der Waals surface area contributed by atoms with Crippen molar-refractivity contribution in [2.24, 2.45) is 0 Å². The Bertz CT molecular complexity index is 2950. The predicted octanol–water partition coefficient (Wildman–Crippen LogP) is 13.7. The summed E-state index contributed by atoms with van der Waals surface area (Å²) in [5.41, 5.74) is -8.60. The summed E-state index contributed by atoms with van der Waals surface area (Å²) in [6, 6.07) is 8.96. The number of aromatic nitrogens is 6. The van der Waals surface area contributed by atoms with Gasteiger partial charge in [0.15, 0.2) is 11.4 Å². The van der Waals surface area contributed by atoms with Gasteiger partial charge in [0, 0.05) is 0 Å². The van der Waals surface area contributed by atoms with E-state index >= 15 is 13.2 Å². The molecule has 81 heavy (non-hydrogen) atoms. The lowest BCUT2D eigenvalue weighted by atomic mass is 9.94. The van der Waals surface area contributed by atoms with Crippen molar-refractivity contribution in [1.29, 1.82) is 0 Å². The van der Waals surface area contributed by atoms with E-state index in [1.807, 2.05) is 0 Å². The van der Waals surface area contributed by atoms with Crippen LogP contribution >= 0.6 is 0 Å². The fourth-order valence-electron chi connectivity index (χ4n) is 8.14. The van der Waals surface area contributed by atoms with E-state index in [0.29, 0.717) is 24.1 Å². The molecule has 2 aliphatic rings. The number of nitrogen functional groups attached to an aromatic ring is 1. The summed E-state index contributed by atoms with van der Waals surface area (Å²) in [7, 11) is 0. The molecule has 446 valence electrons. The molecular weight excluding hydrogens is 1110 g/mol. The van der Waals surface area contributed by atoms with E-state index < -0.39 is 160 Å². The zero-order chi connectivity index (χ0) is 60.3. The van der Waals surface area contributed by atoms with Gasteiger partial charge in [-0.1, -0.05) is 43.2 Å². The second kappa shape index (κ2) is 23.8. The van der Waals surface area contributed by atoms with Gasteiger partial charge < -0.3 is 43.4 Å². The standard InChI is InChI=1S/C34H40F6N4O7.C17H18F6N4O3/c1-20-14-10-9-13-17-32(34(38,39)40,47-19-21-15-11-8-12-16-21)27-43-42-26(49-27)24-23(18-22(33(35,36)37)25(41-24)48-20)44(28(45)50-30(2,3)4)29(46)51-31(5,6)7;1-8-5-3-2-4-6-15(28,17(21,22)23)14-27-26-13(30-14)11-10(24)7-9(16(18,19)20)12(25-11)29-8/h8,11-12,15-16,18,20H,9-10,13-14,17,19H2,1-7H3;7-8,28H,2-6,24H2,1H3/t20-,32-;8-,15-/m11/s1. The maximum Gasteiger partial charge on any atom is 0.426 e. The fourth-order valence-corrected chi connectivity index (χ4v) is 8.14. The number of ether oxygens (including phenoxy) is 5. The highest BCUT2D eigenvalue weighted by molar-refractivity contribution is 6.11. The van der Waals surface area contributed by atoms with Gasteiger partial charge in [-0.3, -0.25) is 0 Å². The number of alkyl halides is 12. The van der Waals surface area contributed by atoms with Crippen molar-refractivity contribution in [3.8, 4) is 34.9 Å². The van der Waals surface area contributed by atoms with Crippen LogP contribution in [0, 0.1) is 0 Å². The van der Waals surface area contributed by atoms with Crippen molar-refractivity contribution in [2.75, 3.05) is 10.6 Å². The molecule has 0 fully saturated rings. The molecule has 8 bridgehead atoms. The van der Waals surface area contributed by atoms with Crippen molar-refractivity contribution >= 4 is 23.6 Å². The monoisotopic (exact) mass is 1170 g/mol. The van der Waals surface area contributed by atoms with Crippen LogP contribution in [0.25, 0.3) is 23.2 Å². The highest BCUT2D eigenvalue weighted by Gasteiger charge is 2.61. The summed E-state index contributed by atoms with van der Waals surface area (Å²) in [5, 5.41) is 24.4. The Hall–Kier alpha value is -6.98. The zero-order valence-electron chi connectivity index (χ0n) is 44.8. The van der Waals surface area contributed by atoms with Gasteiger partial charge in [-0.2, -0.15) is 57.6 Å². The molecule has 5 aromatic rings. The molecule has 6 heterocycles. The number of hydrogen-bond acceptors (Lipinski definition) is 17. The van der Waals surface area contributed by atoms with Crippen LogP contribution < -0.4 is 20.1 Å². The second-order valence-electron chi connectivity index (χ2n) is 21.1. The first-order valence-electron chi connectivity index (χ1n) is 25.2. The molecule has 0 unspecified atom stereocenters.